The quantitative estimate of drug-likeness (QED) is 0.212. The van der Waals surface area contributed by atoms with Gasteiger partial charge in [0.25, 0.3) is 11.8 Å². The number of rotatable bonds is 8. The maximum atomic E-state index is 12.2. The molecule has 0 fully saturated rings. The molecule has 0 saturated carbocycles. The molecule has 1 heterocycles. The third kappa shape index (κ3) is 5.19. The summed E-state index contributed by atoms with van der Waals surface area (Å²) in [5.41, 5.74) is 6.71. The molecular formula is C17H25IN4O2. The van der Waals surface area contributed by atoms with E-state index in [-0.39, 0.29) is 42.3 Å². The van der Waals surface area contributed by atoms with Gasteiger partial charge in [0, 0.05) is 19.6 Å². The van der Waals surface area contributed by atoms with Crippen molar-refractivity contribution in [3.8, 4) is 0 Å². The smallest absolute Gasteiger partial charge is 0.261 e. The Hall–Kier alpha value is -1.64. The van der Waals surface area contributed by atoms with E-state index in [0.29, 0.717) is 30.2 Å². The molecule has 0 aromatic heterocycles. The highest BCUT2D eigenvalue weighted by molar-refractivity contribution is 14.0. The molecule has 7 heteroatoms. The topological polar surface area (TPSA) is 87.8 Å². The number of guanidine groups is 1. The van der Waals surface area contributed by atoms with Crippen LogP contribution in [0.2, 0.25) is 0 Å². The van der Waals surface area contributed by atoms with Crippen LogP contribution in [-0.4, -0.2) is 42.3 Å². The molecule has 0 atom stereocenters. The Kier molecular flexibility index (Phi) is 8.73. The SMILES string of the molecule is CCCCCCN=C(N)NCCN1C(=O)c2ccccc2C1=O.I. The second-order valence-electron chi connectivity index (χ2n) is 5.56. The fourth-order valence-electron chi connectivity index (χ4n) is 2.53. The summed E-state index contributed by atoms with van der Waals surface area (Å²) < 4.78 is 0. The lowest BCUT2D eigenvalue weighted by Gasteiger charge is -2.14. The summed E-state index contributed by atoms with van der Waals surface area (Å²) in [6, 6.07) is 6.87. The van der Waals surface area contributed by atoms with E-state index in [2.05, 4.69) is 17.2 Å². The zero-order valence-electron chi connectivity index (χ0n) is 14.0. The van der Waals surface area contributed by atoms with Crippen LogP contribution in [0.5, 0.6) is 0 Å². The molecular weight excluding hydrogens is 419 g/mol. The molecule has 0 spiro atoms. The third-order valence-corrected chi connectivity index (χ3v) is 3.81. The molecule has 24 heavy (non-hydrogen) atoms. The van der Waals surface area contributed by atoms with E-state index in [1.807, 2.05) is 0 Å². The number of unbranched alkanes of at least 4 members (excludes halogenated alkanes) is 3. The van der Waals surface area contributed by atoms with Gasteiger partial charge in [-0.05, 0) is 18.6 Å². The fourth-order valence-corrected chi connectivity index (χ4v) is 2.53. The number of nitrogens with zero attached hydrogens (tertiary/aromatic N) is 2. The first-order valence-electron chi connectivity index (χ1n) is 8.14. The van der Waals surface area contributed by atoms with Crippen molar-refractivity contribution in [1.82, 2.24) is 10.2 Å². The molecule has 2 rings (SSSR count). The summed E-state index contributed by atoms with van der Waals surface area (Å²) in [7, 11) is 0. The van der Waals surface area contributed by atoms with Crippen molar-refractivity contribution in [2.75, 3.05) is 19.6 Å². The van der Waals surface area contributed by atoms with Gasteiger partial charge in [-0.1, -0.05) is 38.3 Å². The van der Waals surface area contributed by atoms with Crippen LogP contribution >= 0.6 is 24.0 Å². The van der Waals surface area contributed by atoms with Crippen LogP contribution in [0.4, 0.5) is 0 Å². The number of benzene rings is 1. The second-order valence-corrected chi connectivity index (χ2v) is 5.56. The average Bonchev–Trinajstić information content (AvgIpc) is 2.80. The van der Waals surface area contributed by atoms with Crippen LogP contribution in [0.1, 0.15) is 53.3 Å². The van der Waals surface area contributed by atoms with Crippen LogP contribution in [0.3, 0.4) is 0 Å². The number of carbonyl (C=O) groups excluding carboxylic acids is 2. The second kappa shape index (κ2) is 10.3. The molecule has 1 aliphatic heterocycles. The molecule has 1 aromatic rings. The first-order chi connectivity index (χ1) is 11.1. The highest BCUT2D eigenvalue weighted by atomic mass is 127. The van der Waals surface area contributed by atoms with E-state index in [4.69, 9.17) is 5.73 Å². The number of nitrogens with one attached hydrogen (secondary N) is 1. The van der Waals surface area contributed by atoms with Crippen LogP contribution in [-0.2, 0) is 0 Å². The minimum Gasteiger partial charge on any atom is -0.370 e. The number of amides is 2. The van der Waals surface area contributed by atoms with Gasteiger partial charge >= 0.3 is 0 Å². The first-order valence-corrected chi connectivity index (χ1v) is 8.14. The molecule has 0 saturated heterocycles. The Morgan fingerprint density at radius 2 is 1.75 bits per heavy atom. The van der Waals surface area contributed by atoms with E-state index in [1.165, 1.54) is 17.7 Å². The van der Waals surface area contributed by atoms with E-state index in [1.54, 1.807) is 24.3 Å². The highest BCUT2D eigenvalue weighted by Crippen LogP contribution is 2.21. The average molecular weight is 444 g/mol. The number of hydrogen-bond donors (Lipinski definition) is 2. The molecule has 0 radical (unpaired) electrons. The lowest BCUT2D eigenvalue weighted by atomic mass is 10.1. The fraction of sp³-hybridized carbons (Fsp3) is 0.471. The first kappa shape index (κ1) is 20.4. The summed E-state index contributed by atoms with van der Waals surface area (Å²) in [5.74, 6) is -0.136. The van der Waals surface area contributed by atoms with Gasteiger partial charge in [0.1, 0.15) is 0 Å². The van der Waals surface area contributed by atoms with Crippen LogP contribution in [0.25, 0.3) is 0 Å². The number of fused-ring (bicyclic) bond motifs is 1. The maximum absolute atomic E-state index is 12.2. The Morgan fingerprint density at radius 1 is 1.12 bits per heavy atom. The maximum Gasteiger partial charge on any atom is 0.261 e. The van der Waals surface area contributed by atoms with E-state index in [9.17, 15) is 9.59 Å². The number of halogens is 1. The van der Waals surface area contributed by atoms with Crippen molar-refractivity contribution in [2.45, 2.75) is 32.6 Å². The Bertz CT molecular complexity index is 569. The molecule has 0 bridgehead atoms. The van der Waals surface area contributed by atoms with Crippen LogP contribution in [0, 0.1) is 0 Å². The summed E-state index contributed by atoms with van der Waals surface area (Å²) >= 11 is 0. The summed E-state index contributed by atoms with van der Waals surface area (Å²) in [6.07, 6.45) is 4.58. The number of hydrogen-bond acceptors (Lipinski definition) is 3. The number of carbonyl (C=O) groups is 2. The zero-order chi connectivity index (χ0) is 16.7. The van der Waals surface area contributed by atoms with Gasteiger partial charge in [0.05, 0.1) is 11.1 Å². The van der Waals surface area contributed by atoms with Crippen molar-refractivity contribution in [1.29, 1.82) is 0 Å². The Balaban J connectivity index is 0.00000288. The van der Waals surface area contributed by atoms with Gasteiger partial charge in [0.15, 0.2) is 5.96 Å². The zero-order valence-corrected chi connectivity index (χ0v) is 16.3. The van der Waals surface area contributed by atoms with Gasteiger partial charge < -0.3 is 11.1 Å². The van der Waals surface area contributed by atoms with Gasteiger partial charge in [-0.15, -0.1) is 24.0 Å². The van der Waals surface area contributed by atoms with Crippen molar-refractivity contribution in [2.24, 2.45) is 10.7 Å². The monoisotopic (exact) mass is 444 g/mol. The Labute approximate surface area is 159 Å². The van der Waals surface area contributed by atoms with Crippen molar-refractivity contribution < 1.29 is 9.59 Å². The minimum absolute atomic E-state index is 0. The van der Waals surface area contributed by atoms with Gasteiger partial charge in [-0.25, -0.2) is 0 Å². The molecule has 0 aliphatic carbocycles. The van der Waals surface area contributed by atoms with E-state index >= 15 is 0 Å². The molecule has 0 unspecified atom stereocenters. The summed E-state index contributed by atoms with van der Waals surface area (Å²) in [6.45, 7) is 3.54. The van der Waals surface area contributed by atoms with Crippen molar-refractivity contribution >= 4 is 41.8 Å². The highest BCUT2D eigenvalue weighted by Gasteiger charge is 2.34. The van der Waals surface area contributed by atoms with Crippen LogP contribution in [0.15, 0.2) is 29.3 Å². The lowest BCUT2D eigenvalue weighted by molar-refractivity contribution is 0.0657. The van der Waals surface area contributed by atoms with E-state index in [0.717, 1.165) is 12.8 Å². The summed E-state index contributed by atoms with van der Waals surface area (Å²) in [5, 5.41) is 2.95. The van der Waals surface area contributed by atoms with Crippen molar-refractivity contribution in [3.63, 3.8) is 0 Å². The number of imide groups is 1. The van der Waals surface area contributed by atoms with Gasteiger partial charge in [-0.2, -0.15) is 0 Å². The van der Waals surface area contributed by atoms with Gasteiger partial charge in [0.2, 0.25) is 0 Å². The molecule has 2 amide bonds. The summed E-state index contributed by atoms with van der Waals surface area (Å²) in [4.78, 5) is 29.8. The predicted molar refractivity (Wildman–Crippen MR) is 106 cm³/mol. The number of aliphatic imine (C=N–C) groups is 1. The van der Waals surface area contributed by atoms with E-state index < -0.39 is 0 Å². The molecule has 3 N–H and O–H groups in total. The van der Waals surface area contributed by atoms with Crippen molar-refractivity contribution in [3.05, 3.63) is 35.4 Å². The minimum atomic E-state index is -0.248. The standard InChI is InChI=1S/C17H24N4O2.HI/c1-2-3-4-7-10-19-17(18)20-11-12-21-15(22)13-8-5-6-9-14(13)16(21)23;/h5-6,8-9H,2-4,7,10-12H2,1H3,(H3,18,19,20);1H. The molecule has 1 aliphatic rings. The molecule has 6 nitrogen and oxygen atoms in total. The molecule has 1 aromatic carbocycles. The number of nitrogens with two attached hydrogens (primary N) is 1. The largest absolute Gasteiger partial charge is 0.370 e. The van der Waals surface area contributed by atoms with Crippen LogP contribution < -0.4 is 11.1 Å². The predicted octanol–water partition coefficient (Wildman–Crippen LogP) is 2.39. The lowest BCUT2D eigenvalue weighted by Crippen LogP contribution is -2.40. The van der Waals surface area contributed by atoms with Gasteiger partial charge in [-0.3, -0.25) is 19.5 Å². The third-order valence-electron chi connectivity index (χ3n) is 3.81. The Morgan fingerprint density at radius 3 is 2.33 bits per heavy atom. The molecule has 132 valence electrons. The normalized spacial score (nSPS) is 13.7.